The zero-order valence-corrected chi connectivity index (χ0v) is 17.1. The second kappa shape index (κ2) is 8.02. The Hall–Kier alpha value is -3.41. The first-order valence-corrected chi connectivity index (χ1v) is 10.5. The molecule has 2 heterocycles. The average Bonchev–Trinajstić information content (AvgIpc) is 3.44. The molecule has 0 bridgehead atoms. The fourth-order valence-electron chi connectivity index (χ4n) is 4.56. The molecular formula is C26H25N3O2. The van der Waals surface area contributed by atoms with Crippen LogP contribution < -0.4 is 4.90 Å². The third kappa shape index (κ3) is 3.32. The first kappa shape index (κ1) is 19.5. The number of aliphatic hydroxyl groups is 2. The maximum atomic E-state index is 10.0. The van der Waals surface area contributed by atoms with Crippen LogP contribution in [0.15, 0.2) is 103 Å². The van der Waals surface area contributed by atoms with Crippen LogP contribution in [0.5, 0.6) is 0 Å². The smallest absolute Gasteiger partial charge is 0.150 e. The van der Waals surface area contributed by atoms with Crippen LogP contribution in [0.25, 0.3) is 0 Å². The van der Waals surface area contributed by atoms with Crippen molar-refractivity contribution >= 4 is 5.82 Å². The summed E-state index contributed by atoms with van der Waals surface area (Å²) in [5.41, 5.74) is 2.63. The zero-order chi connectivity index (χ0) is 21.3. The van der Waals surface area contributed by atoms with Gasteiger partial charge in [0.25, 0.3) is 0 Å². The minimum Gasteiger partial charge on any atom is -0.389 e. The van der Waals surface area contributed by atoms with E-state index in [2.05, 4.69) is 36.4 Å². The third-order valence-corrected chi connectivity index (χ3v) is 6.08. The number of nitrogens with zero attached hydrogens (tertiary/aromatic N) is 3. The average molecular weight is 412 g/mol. The van der Waals surface area contributed by atoms with Crippen molar-refractivity contribution in [3.8, 4) is 0 Å². The predicted molar refractivity (Wildman–Crippen MR) is 121 cm³/mol. The number of β-amino-alcohol motifs (C(OH)–C–C–N with tert-alkyl or cyclic N) is 2. The highest BCUT2D eigenvalue weighted by atomic mass is 16.3. The van der Waals surface area contributed by atoms with Crippen molar-refractivity contribution in [2.24, 2.45) is 0 Å². The van der Waals surface area contributed by atoms with Crippen molar-refractivity contribution in [3.05, 3.63) is 120 Å². The Labute approximate surface area is 181 Å². The molecular weight excluding hydrogens is 386 g/mol. The highest BCUT2D eigenvalue weighted by Gasteiger charge is 2.40. The van der Waals surface area contributed by atoms with Gasteiger partial charge in [-0.2, -0.15) is 5.10 Å². The molecule has 2 atom stereocenters. The first-order chi connectivity index (χ1) is 15.2. The van der Waals surface area contributed by atoms with Crippen LogP contribution >= 0.6 is 0 Å². The van der Waals surface area contributed by atoms with Gasteiger partial charge in [-0.1, -0.05) is 91.0 Å². The minimum absolute atomic E-state index is 0.368. The van der Waals surface area contributed by atoms with Gasteiger partial charge in [0.05, 0.1) is 12.2 Å². The molecule has 0 radical (unpaired) electrons. The Bertz CT molecular complexity index is 1020. The highest BCUT2D eigenvalue weighted by molar-refractivity contribution is 5.51. The van der Waals surface area contributed by atoms with Gasteiger partial charge >= 0.3 is 0 Å². The van der Waals surface area contributed by atoms with Crippen LogP contribution in [0.2, 0.25) is 0 Å². The second-order valence-corrected chi connectivity index (χ2v) is 7.97. The van der Waals surface area contributed by atoms with Crippen molar-refractivity contribution in [2.75, 3.05) is 18.0 Å². The van der Waals surface area contributed by atoms with E-state index in [4.69, 9.17) is 5.10 Å². The Kier molecular flexibility index (Phi) is 5.06. The highest BCUT2D eigenvalue weighted by Crippen LogP contribution is 2.40. The molecule has 5 heteroatoms. The molecule has 0 amide bonds. The summed E-state index contributed by atoms with van der Waals surface area (Å²) in [5.74, 6) is 0.739. The molecule has 4 aromatic rings. The summed E-state index contributed by atoms with van der Waals surface area (Å²) >= 11 is 0. The van der Waals surface area contributed by atoms with E-state index in [0.29, 0.717) is 13.1 Å². The summed E-state index contributed by atoms with van der Waals surface area (Å²) in [6.07, 6.45) is 0.471. The van der Waals surface area contributed by atoms with Crippen LogP contribution in [-0.4, -0.2) is 45.3 Å². The molecule has 0 spiro atoms. The number of aromatic nitrogens is 2. The van der Waals surface area contributed by atoms with Crippen molar-refractivity contribution in [1.82, 2.24) is 9.78 Å². The van der Waals surface area contributed by atoms with E-state index < -0.39 is 17.7 Å². The van der Waals surface area contributed by atoms with E-state index in [1.807, 2.05) is 76.4 Å². The maximum absolute atomic E-state index is 10.0. The van der Waals surface area contributed by atoms with E-state index in [0.717, 1.165) is 22.5 Å². The number of benzene rings is 3. The monoisotopic (exact) mass is 411 g/mol. The van der Waals surface area contributed by atoms with Gasteiger partial charge in [0.1, 0.15) is 5.54 Å². The van der Waals surface area contributed by atoms with Gasteiger partial charge in [-0.15, -0.1) is 0 Å². The lowest BCUT2D eigenvalue weighted by molar-refractivity contribution is 0.0572. The van der Waals surface area contributed by atoms with Crippen molar-refractivity contribution < 1.29 is 10.2 Å². The normalized spacial score (nSPS) is 19.0. The lowest BCUT2D eigenvalue weighted by Gasteiger charge is -2.36. The van der Waals surface area contributed by atoms with E-state index in [1.165, 1.54) is 0 Å². The number of anilines is 1. The molecule has 1 aliphatic rings. The fourth-order valence-corrected chi connectivity index (χ4v) is 4.56. The number of hydrogen-bond donors (Lipinski definition) is 2. The van der Waals surface area contributed by atoms with Gasteiger partial charge in [-0.05, 0) is 16.7 Å². The van der Waals surface area contributed by atoms with Gasteiger partial charge < -0.3 is 15.1 Å². The summed E-state index contributed by atoms with van der Waals surface area (Å²) < 4.78 is 2.00. The van der Waals surface area contributed by atoms with Crippen LogP contribution in [0.4, 0.5) is 5.82 Å². The summed E-state index contributed by atoms with van der Waals surface area (Å²) in [7, 11) is 0. The Morgan fingerprint density at radius 3 is 1.48 bits per heavy atom. The summed E-state index contributed by atoms with van der Waals surface area (Å²) in [4.78, 5) is 1.93. The van der Waals surface area contributed by atoms with Crippen molar-refractivity contribution in [2.45, 2.75) is 17.7 Å². The summed E-state index contributed by atoms with van der Waals surface area (Å²) in [5, 5.41) is 25.0. The molecule has 0 aliphatic carbocycles. The van der Waals surface area contributed by atoms with Gasteiger partial charge in [0.15, 0.2) is 5.82 Å². The van der Waals surface area contributed by atoms with Crippen molar-refractivity contribution in [3.63, 3.8) is 0 Å². The molecule has 3 aromatic carbocycles. The van der Waals surface area contributed by atoms with E-state index in [9.17, 15) is 10.2 Å². The SMILES string of the molecule is O[C@@H]1CN(c2ccn(C(c3ccccc3)(c3ccccc3)c3ccccc3)n2)C[C@@H]1O. The molecule has 5 nitrogen and oxygen atoms in total. The Morgan fingerprint density at radius 2 is 1.06 bits per heavy atom. The first-order valence-electron chi connectivity index (χ1n) is 10.5. The maximum Gasteiger partial charge on any atom is 0.150 e. The van der Waals surface area contributed by atoms with Gasteiger partial charge in [-0.25, -0.2) is 0 Å². The quantitative estimate of drug-likeness (QED) is 0.495. The predicted octanol–water partition coefficient (Wildman–Crippen LogP) is 3.27. The molecule has 1 saturated heterocycles. The van der Waals surface area contributed by atoms with Gasteiger partial charge in [-0.3, -0.25) is 4.68 Å². The van der Waals surface area contributed by atoms with E-state index >= 15 is 0 Å². The Morgan fingerprint density at radius 1 is 0.645 bits per heavy atom. The molecule has 31 heavy (non-hydrogen) atoms. The molecule has 2 N–H and O–H groups in total. The van der Waals surface area contributed by atoms with Crippen LogP contribution in [0.3, 0.4) is 0 Å². The number of rotatable bonds is 5. The van der Waals surface area contributed by atoms with E-state index in [-0.39, 0.29) is 0 Å². The Balaban J connectivity index is 1.74. The molecule has 5 rings (SSSR count). The van der Waals surface area contributed by atoms with Gasteiger partial charge in [0, 0.05) is 25.4 Å². The fraction of sp³-hybridized carbons (Fsp3) is 0.192. The molecule has 1 fully saturated rings. The third-order valence-electron chi connectivity index (χ3n) is 6.08. The molecule has 1 aliphatic heterocycles. The number of aliphatic hydroxyl groups excluding tert-OH is 2. The molecule has 0 saturated carbocycles. The van der Waals surface area contributed by atoms with Crippen molar-refractivity contribution in [1.29, 1.82) is 0 Å². The largest absolute Gasteiger partial charge is 0.389 e. The standard InChI is InChI=1S/C26H25N3O2/c30-23-18-28(19-24(23)31)25-16-17-29(27-25)26(20-10-4-1-5-11-20,21-12-6-2-7-13-21)22-14-8-3-9-15-22/h1-17,23-24,30-31H,18-19H2/t23-,24+. The van der Waals surface area contributed by atoms with Gasteiger partial charge in [0.2, 0.25) is 0 Å². The molecule has 156 valence electrons. The van der Waals surface area contributed by atoms with Crippen LogP contribution in [-0.2, 0) is 5.54 Å². The lowest BCUT2D eigenvalue weighted by Crippen LogP contribution is -2.38. The topological polar surface area (TPSA) is 61.5 Å². The van der Waals surface area contributed by atoms with Crippen LogP contribution in [0.1, 0.15) is 16.7 Å². The molecule has 1 aromatic heterocycles. The van der Waals surface area contributed by atoms with Crippen LogP contribution in [0, 0.1) is 0 Å². The minimum atomic E-state index is -0.757. The zero-order valence-electron chi connectivity index (χ0n) is 17.1. The molecule has 0 unspecified atom stereocenters. The summed E-state index contributed by atoms with van der Waals surface area (Å²) in [6.45, 7) is 0.736. The second-order valence-electron chi connectivity index (χ2n) is 7.97. The lowest BCUT2D eigenvalue weighted by atomic mass is 9.77. The number of hydrogen-bond acceptors (Lipinski definition) is 4. The van der Waals surface area contributed by atoms with E-state index in [1.54, 1.807) is 0 Å². The summed E-state index contributed by atoms with van der Waals surface area (Å²) in [6, 6.07) is 33.1.